The average Bonchev–Trinajstić information content (AvgIpc) is 3.05. The van der Waals surface area contributed by atoms with Gasteiger partial charge in [0.05, 0.1) is 17.7 Å². The van der Waals surface area contributed by atoms with Crippen molar-refractivity contribution in [2.24, 2.45) is 5.10 Å². The highest BCUT2D eigenvalue weighted by Gasteiger charge is 2.04. The smallest absolute Gasteiger partial charge is 0.182 e. The van der Waals surface area contributed by atoms with E-state index >= 15 is 0 Å². The lowest BCUT2D eigenvalue weighted by molar-refractivity contribution is 1.16. The van der Waals surface area contributed by atoms with Gasteiger partial charge < -0.3 is 9.97 Å². The van der Waals surface area contributed by atoms with Crippen molar-refractivity contribution in [3.05, 3.63) is 36.7 Å². The number of anilines is 1. The van der Waals surface area contributed by atoms with Crippen LogP contribution in [0.3, 0.4) is 0 Å². The van der Waals surface area contributed by atoms with Crippen LogP contribution in [0.15, 0.2) is 36.1 Å². The van der Waals surface area contributed by atoms with Gasteiger partial charge >= 0.3 is 0 Å². The predicted octanol–water partition coefficient (Wildman–Crippen LogP) is 1.52. The van der Waals surface area contributed by atoms with Crippen molar-refractivity contribution in [3.8, 4) is 0 Å². The first-order valence-electron chi connectivity index (χ1n) is 5.43. The zero-order valence-corrected chi connectivity index (χ0v) is 9.68. The highest BCUT2D eigenvalue weighted by atomic mass is 15.3. The van der Waals surface area contributed by atoms with E-state index in [1.807, 2.05) is 25.3 Å². The van der Waals surface area contributed by atoms with Crippen molar-refractivity contribution < 1.29 is 0 Å². The van der Waals surface area contributed by atoms with Crippen molar-refractivity contribution in [1.82, 2.24) is 24.9 Å². The quantitative estimate of drug-likeness (QED) is 0.478. The number of hydrogen-bond acceptors (Lipinski definition) is 5. The molecule has 0 radical (unpaired) electrons. The third kappa shape index (κ3) is 1.81. The van der Waals surface area contributed by atoms with E-state index < -0.39 is 0 Å². The number of hydrogen-bond donors (Lipinski definition) is 3. The van der Waals surface area contributed by atoms with Crippen molar-refractivity contribution in [1.29, 1.82) is 0 Å². The Kier molecular flexibility index (Phi) is 2.49. The molecule has 3 N–H and O–H groups in total. The molecule has 0 saturated carbocycles. The van der Waals surface area contributed by atoms with Crippen molar-refractivity contribution >= 4 is 22.7 Å². The Morgan fingerprint density at radius 2 is 2.22 bits per heavy atom. The molecule has 0 fully saturated rings. The molecule has 0 aliphatic carbocycles. The summed E-state index contributed by atoms with van der Waals surface area (Å²) in [4.78, 5) is 18.3. The number of rotatable bonds is 3. The molecule has 0 unspecified atom stereocenters. The van der Waals surface area contributed by atoms with Gasteiger partial charge in [0.25, 0.3) is 0 Å². The van der Waals surface area contributed by atoms with Crippen molar-refractivity contribution in [3.63, 3.8) is 0 Å². The Morgan fingerprint density at radius 3 is 3.06 bits per heavy atom. The molecule has 0 amide bonds. The van der Waals surface area contributed by atoms with Crippen LogP contribution in [0.1, 0.15) is 12.6 Å². The minimum atomic E-state index is 0.600. The molecular weight excluding hydrogens is 230 g/mol. The van der Waals surface area contributed by atoms with E-state index in [4.69, 9.17) is 0 Å². The molecule has 0 spiro atoms. The third-order valence-electron chi connectivity index (χ3n) is 2.54. The minimum Gasteiger partial charge on any atom is -0.360 e. The molecule has 0 aliphatic heterocycles. The average molecular weight is 241 g/mol. The fraction of sp³-hybridized carbons (Fsp3) is 0.0909. The summed E-state index contributed by atoms with van der Waals surface area (Å²) in [6.45, 7) is 1.91. The van der Waals surface area contributed by atoms with E-state index in [9.17, 15) is 0 Å². The Balaban J connectivity index is 1.89. The summed E-state index contributed by atoms with van der Waals surface area (Å²) >= 11 is 0. The Hall–Kier alpha value is -2.70. The molecule has 3 aromatic rings. The SMILES string of the molecule is C/C(=N/Nc1ncnc2nc[nH]c12)c1ccc[nH]1. The molecule has 7 nitrogen and oxygen atoms in total. The molecule has 18 heavy (non-hydrogen) atoms. The van der Waals surface area contributed by atoms with Gasteiger partial charge in [-0.2, -0.15) is 5.10 Å². The Bertz CT molecular complexity index is 680. The van der Waals surface area contributed by atoms with E-state index in [-0.39, 0.29) is 0 Å². The predicted molar refractivity (Wildman–Crippen MR) is 68.3 cm³/mol. The molecule has 3 heterocycles. The molecule has 0 aromatic carbocycles. The van der Waals surface area contributed by atoms with Gasteiger partial charge in [0.2, 0.25) is 0 Å². The van der Waals surface area contributed by atoms with Crippen molar-refractivity contribution in [2.75, 3.05) is 5.43 Å². The molecule has 0 bridgehead atoms. The normalized spacial score (nSPS) is 11.9. The fourth-order valence-electron chi connectivity index (χ4n) is 1.60. The molecule has 90 valence electrons. The van der Waals surface area contributed by atoms with Gasteiger partial charge in [0.1, 0.15) is 11.8 Å². The number of fused-ring (bicyclic) bond motifs is 1. The highest BCUT2D eigenvalue weighted by molar-refractivity contribution is 5.97. The third-order valence-corrected chi connectivity index (χ3v) is 2.54. The molecule has 0 aliphatic rings. The number of H-pyrrole nitrogens is 2. The van der Waals surface area contributed by atoms with Gasteiger partial charge in [-0.15, -0.1) is 0 Å². The largest absolute Gasteiger partial charge is 0.360 e. The monoisotopic (exact) mass is 241 g/mol. The van der Waals surface area contributed by atoms with Gasteiger partial charge in [0, 0.05) is 6.20 Å². The maximum absolute atomic E-state index is 4.26. The van der Waals surface area contributed by atoms with Crippen LogP contribution in [0, 0.1) is 0 Å². The van der Waals surface area contributed by atoms with Gasteiger partial charge in [-0.05, 0) is 19.1 Å². The molecule has 3 rings (SSSR count). The summed E-state index contributed by atoms with van der Waals surface area (Å²) in [6.07, 6.45) is 4.88. The Morgan fingerprint density at radius 1 is 1.28 bits per heavy atom. The van der Waals surface area contributed by atoms with E-state index in [1.54, 1.807) is 6.33 Å². The number of hydrazone groups is 1. The maximum Gasteiger partial charge on any atom is 0.182 e. The minimum absolute atomic E-state index is 0.600. The number of aromatic amines is 2. The summed E-state index contributed by atoms with van der Waals surface area (Å²) in [5, 5.41) is 4.26. The lowest BCUT2D eigenvalue weighted by Gasteiger charge is -2.01. The van der Waals surface area contributed by atoms with E-state index in [2.05, 4.69) is 35.4 Å². The summed E-state index contributed by atoms with van der Waals surface area (Å²) in [5.41, 5.74) is 6.05. The van der Waals surface area contributed by atoms with Crippen LogP contribution in [0.4, 0.5) is 5.82 Å². The first-order chi connectivity index (χ1) is 8.84. The first-order valence-corrected chi connectivity index (χ1v) is 5.43. The molecule has 7 heteroatoms. The van der Waals surface area contributed by atoms with E-state index in [1.165, 1.54) is 6.33 Å². The summed E-state index contributed by atoms with van der Waals surface area (Å²) in [6, 6.07) is 3.87. The van der Waals surface area contributed by atoms with Crippen LogP contribution in [-0.4, -0.2) is 30.6 Å². The van der Waals surface area contributed by atoms with Gasteiger partial charge in [0.15, 0.2) is 11.5 Å². The summed E-state index contributed by atoms with van der Waals surface area (Å²) < 4.78 is 0. The standard InChI is InChI=1S/C11H11N7/c1-7(8-3-2-4-12-8)17-18-11-9-10(14-5-13-9)15-6-16-11/h2-6,12H,1H3,(H2,13,14,15,16,18)/b17-7-. The second-order valence-corrected chi connectivity index (χ2v) is 3.72. The highest BCUT2D eigenvalue weighted by Crippen LogP contribution is 2.14. The van der Waals surface area contributed by atoms with Gasteiger partial charge in [-0.25, -0.2) is 15.0 Å². The molecular formula is C11H11N7. The van der Waals surface area contributed by atoms with Crippen LogP contribution in [-0.2, 0) is 0 Å². The molecule has 3 aromatic heterocycles. The van der Waals surface area contributed by atoms with E-state index in [0.29, 0.717) is 11.5 Å². The van der Waals surface area contributed by atoms with Crippen LogP contribution < -0.4 is 5.43 Å². The zero-order chi connectivity index (χ0) is 12.4. The number of nitrogens with zero attached hydrogens (tertiary/aromatic N) is 4. The van der Waals surface area contributed by atoms with Gasteiger partial charge in [-0.1, -0.05) is 0 Å². The lowest BCUT2D eigenvalue weighted by Crippen LogP contribution is -2.01. The van der Waals surface area contributed by atoms with Crippen LogP contribution in [0.2, 0.25) is 0 Å². The first kappa shape index (κ1) is 10.5. The summed E-state index contributed by atoms with van der Waals surface area (Å²) in [7, 11) is 0. The number of imidazole rings is 1. The summed E-state index contributed by atoms with van der Waals surface area (Å²) in [5.74, 6) is 0.600. The number of nitrogens with one attached hydrogen (secondary N) is 3. The second-order valence-electron chi connectivity index (χ2n) is 3.72. The van der Waals surface area contributed by atoms with Gasteiger partial charge in [-0.3, -0.25) is 5.43 Å². The van der Waals surface area contributed by atoms with E-state index in [0.717, 1.165) is 16.9 Å². The zero-order valence-electron chi connectivity index (χ0n) is 9.68. The van der Waals surface area contributed by atoms with Crippen LogP contribution in [0.25, 0.3) is 11.2 Å². The van der Waals surface area contributed by atoms with Crippen LogP contribution >= 0.6 is 0 Å². The second kappa shape index (κ2) is 4.28. The van der Waals surface area contributed by atoms with Crippen molar-refractivity contribution in [2.45, 2.75) is 6.92 Å². The van der Waals surface area contributed by atoms with Crippen LogP contribution in [0.5, 0.6) is 0 Å². The number of aromatic nitrogens is 5. The topological polar surface area (TPSA) is 94.6 Å². The maximum atomic E-state index is 4.26. The Labute approximate surface area is 102 Å². The fourth-order valence-corrected chi connectivity index (χ4v) is 1.60. The molecule has 0 atom stereocenters. The lowest BCUT2D eigenvalue weighted by atomic mass is 10.3. The molecule has 0 saturated heterocycles.